The van der Waals surface area contributed by atoms with Gasteiger partial charge in [-0.1, -0.05) is 25.1 Å². The summed E-state index contributed by atoms with van der Waals surface area (Å²) in [6.45, 7) is 4.72. The molecule has 0 aliphatic heterocycles. The Balaban J connectivity index is 1.95. The van der Waals surface area contributed by atoms with Crippen LogP contribution in [0.1, 0.15) is 19.7 Å². The molecule has 0 saturated heterocycles. The van der Waals surface area contributed by atoms with E-state index in [1.165, 1.54) is 0 Å². The van der Waals surface area contributed by atoms with Gasteiger partial charge in [0.25, 0.3) is 5.89 Å². The van der Waals surface area contributed by atoms with Gasteiger partial charge in [-0.3, -0.25) is 9.97 Å². The summed E-state index contributed by atoms with van der Waals surface area (Å²) in [6.07, 6.45) is 3.32. The van der Waals surface area contributed by atoms with Gasteiger partial charge < -0.3 is 9.84 Å². The zero-order chi connectivity index (χ0) is 13.9. The van der Waals surface area contributed by atoms with Crippen molar-refractivity contribution in [3.05, 3.63) is 36.4 Å². The standard InChI is InChI=1S/C14H15N5O/c1-9(2)17-8-12-18-14(20-19-12)10-4-3-5-11-13(10)16-7-6-15-11/h3-7,9,17H,8H2,1-2H3. The maximum atomic E-state index is 5.32. The first-order valence-electron chi connectivity index (χ1n) is 6.50. The topological polar surface area (TPSA) is 76.7 Å². The third-order valence-corrected chi connectivity index (χ3v) is 2.87. The first-order chi connectivity index (χ1) is 9.74. The number of nitrogens with zero attached hydrogens (tertiary/aromatic N) is 4. The summed E-state index contributed by atoms with van der Waals surface area (Å²) >= 11 is 0. The lowest BCUT2D eigenvalue weighted by atomic mass is 10.2. The number of hydrogen-bond acceptors (Lipinski definition) is 6. The average molecular weight is 269 g/mol. The van der Waals surface area contributed by atoms with Gasteiger partial charge in [0.05, 0.1) is 17.6 Å². The third-order valence-electron chi connectivity index (χ3n) is 2.87. The van der Waals surface area contributed by atoms with Gasteiger partial charge in [-0.05, 0) is 12.1 Å². The van der Waals surface area contributed by atoms with Crippen LogP contribution in [0.25, 0.3) is 22.5 Å². The van der Waals surface area contributed by atoms with E-state index in [4.69, 9.17) is 4.52 Å². The minimum atomic E-state index is 0.375. The summed E-state index contributed by atoms with van der Waals surface area (Å²) in [7, 11) is 0. The number of benzene rings is 1. The molecule has 1 aromatic carbocycles. The van der Waals surface area contributed by atoms with Crippen LogP contribution in [0.15, 0.2) is 35.1 Å². The molecule has 102 valence electrons. The molecule has 0 radical (unpaired) electrons. The fraction of sp³-hybridized carbons (Fsp3) is 0.286. The van der Waals surface area contributed by atoms with Gasteiger partial charge in [0.2, 0.25) is 0 Å². The number of para-hydroxylation sites is 1. The molecule has 0 spiro atoms. The molecule has 0 amide bonds. The smallest absolute Gasteiger partial charge is 0.260 e. The van der Waals surface area contributed by atoms with Crippen LogP contribution >= 0.6 is 0 Å². The lowest BCUT2D eigenvalue weighted by Gasteiger charge is -2.03. The molecule has 6 nitrogen and oxygen atoms in total. The van der Waals surface area contributed by atoms with Crippen molar-refractivity contribution < 1.29 is 4.52 Å². The summed E-state index contributed by atoms with van der Waals surface area (Å²) in [5.41, 5.74) is 2.38. The second-order valence-electron chi connectivity index (χ2n) is 4.78. The lowest BCUT2D eigenvalue weighted by Crippen LogP contribution is -2.22. The quantitative estimate of drug-likeness (QED) is 0.782. The SMILES string of the molecule is CC(C)NCc1noc(-c2cccc3nccnc23)n1. The van der Waals surface area contributed by atoms with Gasteiger partial charge in [0.15, 0.2) is 5.82 Å². The predicted octanol–water partition coefficient (Wildman–Crippen LogP) is 2.18. The van der Waals surface area contributed by atoms with Crippen molar-refractivity contribution in [2.24, 2.45) is 0 Å². The Bertz CT molecular complexity index is 717. The molecule has 0 aliphatic carbocycles. The van der Waals surface area contributed by atoms with E-state index in [1.54, 1.807) is 12.4 Å². The molecular weight excluding hydrogens is 254 g/mol. The number of aromatic nitrogens is 4. The van der Waals surface area contributed by atoms with Gasteiger partial charge >= 0.3 is 0 Å². The highest BCUT2D eigenvalue weighted by Crippen LogP contribution is 2.24. The summed E-state index contributed by atoms with van der Waals surface area (Å²) in [6, 6.07) is 6.09. The monoisotopic (exact) mass is 269 g/mol. The van der Waals surface area contributed by atoms with Crippen molar-refractivity contribution in [2.75, 3.05) is 0 Å². The van der Waals surface area contributed by atoms with Crippen LogP contribution < -0.4 is 5.32 Å². The molecule has 1 N–H and O–H groups in total. The Morgan fingerprint density at radius 2 is 2.05 bits per heavy atom. The van der Waals surface area contributed by atoms with Crippen LogP contribution in [0, 0.1) is 0 Å². The lowest BCUT2D eigenvalue weighted by molar-refractivity contribution is 0.417. The van der Waals surface area contributed by atoms with Crippen LogP contribution in [-0.2, 0) is 6.54 Å². The second-order valence-corrected chi connectivity index (χ2v) is 4.78. The van der Waals surface area contributed by atoms with Crippen molar-refractivity contribution in [2.45, 2.75) is 26.4 Å². The predicted molar refractivity (Wildman–Crippen MR) is 74.8 cm³/mol. The Morgan fingerprint density at radius 3 is 2.90 bits per heavy atom. The van der Waals surface area contributed by atoms with Gasteiger partial charge in [0, 0.05) is 18.4 Å². The number of nitrogens with one attached hydrogen (secondary N) is 1. The number of rotatable bonds is 4. The number of hydrogen-bond donors (Lipinski definition) is 1. The Kier molecular flexibility index (Phi) is 3.39. The van der Waals surface area contributed by atoms with E-state index in [-0.39, 0.29) is 0 Å². The summed E-state index contributed by atoms with van der Waals surface area (Å²) < 4.78 is 5.32. The van der Waals surface area contributed by atoms with E-state index >= 15 is 0 Å². The van der Waals surface area contributed by atoms with Crippen LogP contribution in [-0.4, -0.2) is 26.2 Å². The summed E-state index contributed by atoms with van der Waals surface area (Å²) in [4.78, 5) is 13.0. The molecule has 3 aromatic rings. The van der Waals surface area contributed by atoms with E-state index in [1.807, 2.05) is 18.2 Å². The number of fused-ring (bicyclic) bond motifs is 1. The first-order valence-corrected chi connectivity index (χ1v) is 6.50. The van der Waals surface area contributed by atoms with Crippen molar-refractivity contribution in [3.8, 4) is 11.5 Å². The van der Waals surface area contributed by atoms with E-state index in [9.17, 15) is 0 Å². The van der Waals surface area contributed by atoms with Gasteiger partial charge in [0.1, 0.15) is 5.52 Å². The van der Waals surface area contributed by atoms with Crippen molar-refractivity contribution in [1.82, 2.24) is 25.4 Å². The minimum absolute atomic E-state index is 0.375. The van der Waals surface area contributed by atoms with Crippen LogP contribution in [0.4, 0.5) is 0 Å². The molecule has 0 saturated carbocycles. The highest BCUT2D eigenvalue weighted by molar-refractivity contribution is 5.88. The highest BCUT2D eigenvalue weighted by Gasteiger charge is 2.13. The zero-order valence-corrected chi connectivity index (χ0v) is 11.4. The zero-order valence-electron chi connectivity index (χ0n) is 11.4. The molecule has 0 aliphatic rings. The molecule has 6 heteroatoms. The summed E-state index contributed by atoms with van der Waals surface area (Å²) in [5, 5.41) is 7.23. The van der Waals surface area contributed by atoms with Crippen LogP contribution in [0.2, 0.25) is 0 Å². The van der Waals surface area contributed by atoms with Crippen LogP contribution in [0.5, 0.6) is 0 Å². The minimum Gasteiger partial charge on any atom is -0.334 e. The normalized spacial score (nSPS) is 11.3. The summed E-state index contributed by atoms with van der Waals surface area (Å²) in [5.74, 6) is 1.10. The Morgan fingerprint density at radius 1 is 1.20 bits per heavy atom. The van der Waals surface area contributed by atoms with Gasteiger partial charge in [-0.2, -0.15) is 4.98 Å². The van der Waals surface area contributed by atoms with Gasteiger partial charge in [-0.25, -0.2) is 0 Å². The third kappa shape index (κ3) is 2.50. The first kappa shape index (κ1) is 12.7. The van der Waals surface area contributed by atoms with Crippen molar-refractivity contribution >= 4 is 11.0 Å². The maximum Gasteiger partial charge on any atom is 0.260 e. The molecule has 20 heavy (non-hydrogen) atoms. The molecule has 0 atom stereocenters. The van der Waals surface area contributed by atoms with E-state index < -0.39 is 0 Å². The van der Waals surface area contributed by atoms with Crippen LogP contribution in [0.3, 0.4) is 0 Å². The molecule has 3 rings (SSSR count). The van der Waals surface area contributed by atoms with E-state index in [0.29, 0.717) is 24.3 Å². The van der Waals surface area contributed by atoms with Gasteiger partial charge in [-0.15, -0.1) is 0 Å². The van der Waals surface area contributed by atoms with Crippen molar-refractivity contribution in [1.29, 1.82) is 0 Å². The highest BCUT2D eigenvalue weighted by atomic mass is 16.5. The molecule has 0 fully saturated rings. The Labute approximate surface area is 116 Å². The molecule has 2 heterocycles. The molecule has 0 unspecified atom stereocenters. The molecule has 2 aromatic heterocycles. The largest absolute Gasteiger partial charge is 0.334 e. The Hall–Kier alpha value is -2.34. The fourth-order valence-corrected chi connectivity index (χ4v) is 1.90. The molecule has 0 bridgehead atoms. The van der Waals surface area contributed by atoms with E-state index in [2.05, 4.69) is 39.3 Å². The second kappa shape index (κ2) is 5.34. The molecular formula is C14H15N5O. The van der Waals surface area contributed by atoms with E-state index in [0.717, 1.165) is 16.6 Å². The fourth-order valence-electron chi connectivity index (χ4n) is 1.90. The maximum absolute atomic E-state index is 5.32. The van der Waals surface area contributed by atoms with Crippen molar-refractivity contribution in [3.63, 3.8) is 0 Å². The average Bonchev–Trinajstić information content (AvgIpc) is 2.93.